The zero-order valence-corrected chi connectivity index (χ0v) is 33.1. The largest absolute Gasteiger partial charge is 0.481 e. The van der Waals surface area contributed by atoms with Crippen LogP contribution >= 0.6 is 11.8 Å². The molecule has 0 saturated carbocycles. The van der Waals surface area contributed by atoms with Gasteiger partial charge in [-0.1, -0.05) is 0 Å². The minimum Gasteiger partial charge on any atom is -0.481 e. The van der Waals surface area contributed by atoms with E-state index in [-0.39, 0.29) is 63.5 Å². The summed E-state index contributed by atoms with van der Waals surface area (Å²) in [6.07, 6.45) is -0.615. The topological polar surface area (TPSA) is 461 Å². The van der Waals surface area contributed by atoms with Gasteiger partial charge in [-0.05, 0) is 63.4 Å². The number of thioether (sulfide) groups is 1. The van der Waals surface area contributed by atoms with E-state index in [2.05, 4.69) is 36.6 Å². The van der Waals surface area contributed by atoms with Crippen molar-refractivity contribution in [1.29, 1.82) is 0 Å². The number of amides is 7. The molecule has 0 rings (SSSR count). The van der Waals surface area contributed by atoms with Crippen LogP contribution in [0.25, 0.3) is 0 Å². The van der Waals surface area contributed by atoms with Gasteiger partial charge in [0.25, 0.3) is 0 Å². The quantitative estimate of drug-likeness (QED) is 0.0175. The second-order valence-corrected chi connectivity index (χ2v) is 13.8. The highest BCUT2D eigenvalue weighted by Crippen LogP contribution is 2.09. The number of carbonyl (C=O) groups is 9. The monoisotopic (exact) mass is 846 g/mol. The number of aliphatic carboxylic acids is 2. The number of primary amides is 2. The van der Waals surface area contributed by atoms with Crippen LogP contribution in [-0.4, -0.2) is 137 Å². The van der Waals surface area contributed by atoms with Crippen LogP contribution in [0.5, 0.6) is 0 Å². The first-order chi connectivity index (χ1) is 27.2. The highest BCUT2D eigenvalue weighted by Gasteiger charge is 2.33. The first-order valence-electron chi connectivity index (χ1n) is 18.1. The van der Waals surface area contributed by atoms with Crippen molar-refractivity contribution < 1.29 is 53.4 Å². The predicted octanol–water partition coefficient (Wildman–Crippen LogP) is -5.92. The predicted molar refractivity (Wildman–Crippen MR) is 212 cm³/mol. The van der Waals surface area contributed by atoms with E-state index in [1.54, 1.807) is 6.26 Å². The third-order valence-corrected chi connectivity index (χ3v) is 8.67. The van der Waals surface area contributed by atoms with Crippen molar-refractivity contribution in [3.8, 4) is 0 Å². The maximum Gasteiger partial charge on any atom is 0.303 e. The van der Waals surface area contributed by atoms with Crippen LogP contribution in [-0.2, 0) is 43.2 Å². The van der Waals surface area contributed by atoms with E-state index in [4.69, 9.17) is 45.2 Å². The number of hydrogen-bond acceptors (Lipinski definition) is 13. The molecule has 21 N–H and O–H groups in total. The Balaban J connectivity index is 6.41. The van der Waals surface area contributed by atoms with Gasteiger partial charge < -0.3 is 76.9 Å². The Morgan fingerprint density at radius 3 is 1.28 bits per heavy atom. The summed E-state index contributed by atoms with van der Waals surface area (Å²) < 4.78 is 0. The van der Waals surface area contributed by atoms with Crippen molar-refractivity contribution in [2.75, 3.05) is 25.1 Å². The lowest BCUT2D eigenvalue weighted by Gasteiger charge is -2.27. The summed E-state index contributed by atoms with van der Waals surface area (Å²) in [7, 11) is 0. The first-order valence-corrected chi connectivity index (χ1v) is 19.5. The first kappa shape index (κ1) is 52.1. The highest BCUT2D eigenvalue weighted by atomic mass is 32.2. The Hall–Kier alpha value is -5.92. The lowest BCUT2D eigenvalue weighted by Crippen LogP contribution is -2.59. The standard InChI is InChI=1S/C32H58N14O11S/c1-58-15-12-21(43-26(53)16(33)6-10-23(48)49)30(57)46-20(8-11-24(50)51)29(56)45-19(7-9-22(34)47)28(55)44-18(5-3-14-41-32(38)39)27(54)42-17(25(35)52)4-2-13-40-31(36)37/h16-21H,2-15,33H2,1H3,(H2,34,47)(H2,35,52)(H,42,54)(H,43,53)(H,44,55)(H,45,56)(H,46,57)(H,48,49)(H,50,51)(H4,36,37,40)(H4,38,39,41)/t16-,17-,18-,19-,20-,21-/m0/s1. The van der Waals surface area contributed by atoms with Gasteiger partial charge in [-0.15, -0.1) is 0 Å². The Labute approximate surface area is 338 Å². The number of carboxylic acid groups (broad SMARTS) is 2. The van der Waals surface area contributed by atoms with Crippen LogP contribution in [0.4, 0.5) is 0 Å². The van der Waals surface area contributed by atoms with Gasteiger partial charge in [0.15, 0.2) is 11.9 Å². The Bertz CT molecular complexity index is 1490. The molecular formula is C32H58N14O11S. The molecule has 0 aromatic rings. The van der Waals surface area contributed by atoms with Gasteiger partial charge in [-0.25, -0.2) is 0 Å². The van der Waals surface area contributed by atoms with Gasteiger partial charge in [0.2, 0.25) is 41.4 Å². The molecule has 26 heteroatoms. The van der Waals surface area contributed by atoms with Gasteiger partial charge in [0.05, 0.1) is 6.04 Å². The van der Waals surface area contributed by atoms with Crippen molar-refractivity contribution in [1.82, 2.24) is 26.6 Å². The van der Waals surface area contributed by atoms with Crippen molar-refractivity contribution in [3.63, 3.8) is 0 Å². The average Bonchev–Trinajstić information content (AvgIpc) is 3.13. The number of nitrogens with zero attached hydrogens (tertiary/aromatic N) is 2. The second kappa shape index (κ2) is 28.5. The van der Waals surface area contributed by atoms with Crippen LogP contribution in [0, 0.1) is 0 Å². The number of nitrogens with one attached hydrogen (secondary N) is 5. The number of guanidine groups is 2. The van der Waals surface area contributed by atoms with E-state index in [0.29, 0.717) is 5.75 Å². The van der Waals surface area contributed by atoms with Gasteiger partial charge in [0, 0.05) is 32.4 Å². The number of carbonyl (C=O) groups excluding carboxylic acids is 7. The molecule has 0 aliphatic carbocycles. The SMILES string of the molecule is CSCC[C@H](NC(=O)[C@@H](N)CCC(=O)O)C(=O)N[C@@H](CCC(=O)O)C(=O)N[C@@H](CCC(N)=O)C(=O)N[C@@H](CCCN=C(N)N)C(=O)N[C@@H](CCCN=C(N)N)C(N)=O. The molecule has 0 radical (unpaired) electrons. The lowest BCUT2D eigenvalue weighted by molar-refractivity contribution is -0.139. The molecule has 328 valence electrons. The summed E-state index contributed by atoms with van der Waals surface area (Å²) in [6, 6.07) is -8.39. The number of hydrogen-bond donors (Lipinski definition) is 14. The van der Waals surface area contributed by atoms with Gasteiger partial charge >= 0.3 is 11.9 Å². The van der Waals surface area contributed by atoms with E-state index in [0.717, 1.165) is 0 Å². The van der Waals surface area contributed by atoms with Crippen molar-refractivity contribution >= 4 is 77.0 Å². The molecule has 0 unspecified atom stereocenters. The van der Waals surface area contributed by atoms with Crippen molar-refractivity contribution in [2.45, 2.75) is 107 Å². The molecular weight excluding hydrogens is 789 g/mol. The maximum atomic E-state index is 13.7. The van der Waals surface area contributed by atoms with Crippen LogP contribution < -0.4 is 66.7 Å². The Morgan fingerprint density at radius 2 is 0.879 bits per heavy atom. The molecule has 0 aromatic carbocycles. The van der Waals surface area contributed by atoms with E-state index in [1.165, 1.54) is 11.8 Å². The molecule has 0 aromatic heterocycles. The molecule has 58 heavy (non-hydrogen) atoms. The molecule has 0 fully saturated rings. The maximum absolute atomic E-state index is 13.7. The van der Waals surface area contributed by atoms with E-state index >= 15 is 0 Å². The van der Waals surface area contributed by atoms with E-state index < -0.39 is 122 Å². The number of carboxylic acids is 2. The smallest absolute Gasteiger partial charge is 0.303 e. The molecule has 0 bridgehead atoms. The summed E-state index contributed by atoms with van der Waals surface area (Å²) in [5.74, 6) is -9.11. The molecule has 6 atom stereocenters. The number of aliphatic imine (C=N–C) groups is 2. The average molecular weight is 847 g/mol. The fourth-order valence-electron chi connectivity index (χ4n) is 4.94. The number of rotatable bonds is 31. The van der Waals surface area contributed by atoms with Crippen molar-refractivity contribution in [3.05, 3.63) is 0 Å². The summed E-state index contributed by atoms with van der Waals surface area (Å²) in [5.41, 5.74) is 38.0. The zero-order chi connectivity index (χ0) is 44.4. The number of nitrogens with two attached hydrogens (primary N) is 7. The summed E-state index contributed by atoms with van der Waals surface area (Å²) in [5, 5.41) is 30.4. The molecule has 0 spiro atoms. The van der Waals surface area contributed by atoms with Crippen LogP contribution in [0.3, 0.4) is 0 Å². The second-order valence-electron chi connectivity index (χ2n) is 12.9. The van der Waals surface area contributed by atoms with Gasteiger partial charge in [-0.2, -0.15) is 11.8 Å². The third kappa shape index (κ3) is 23.9. The van der Waals surface area contributed by atoms with E-state index in [9.17, 15) is 48.3 Å². The minimum absolute atomic E-state index is 0.0204. The molecule has 0 heterocycles. The highest BCUT2D eigenvalue weighted by molar-refractivity contribution is 7.98. The summed E-state index contributed by atoms with van der Waals surface area (Å²) in [6.45, 7) is 0.144. The molecule has 7 amide bonds. The van der Waals surface area contributed by atoms with Crippen LogP contribution in [0.15, 0.2) is 9.98 Å². The molecule has 0 aliphatic rings. The van der Waals surface area contributed by atoms with Crippen molar-refractivity contribution in [2.24, 2.45) is 50.1 Å². The molecule has 0 saturated heterocycles. The Morgan fingerprint density at radius 1 is 0.517 bits per heavy atom. The molecule has 25 nitrogen and oxygen atoms in total. The third-order valence-electron chi connectivity index (χ3n) is 8.03. The fourth-order valence-corrected chi connectivity index (χ4v) is 5.41. The fraction of sp³-hybridized carbons (Fsp3) is 0.656. The Kier molecular flexibility index (Phi) is 25.6. The zero-order valence-electron chi connectivity index (χ0n) is 32.3. The van der Waals surface area contributed by atoms with Gasteiger partial charge in [-0.3, -0.25) is 53.1 Å². The van der Waals surface area contributed by atoms with Crippen LogP contribution in [0.1, 0.15) is 70.6 Å². The normalized spacial score (nSPS) is 13.8. The lowest BCUT2D eigenvalue weighted by atomic mass is 10.0. The summed E-state index contributed by atoms with van der Waals surface area (Å²) >= 11 is 1.32. The minimum atomic E-state index is -1.61. The molecule has 0 aliphatic heterocycles. The van der Waals surface area contributed by atoms with Crippen LogP contribution in [0.2, 0.25) is 0 Å². The summed E-state index contributed by atoms with van der Waals surface area (Å²) in [4.78, 5) is 121. The van der Waals surface area contributed by atoms with Gasteiger partial charge in [0.1, 0.15) is 30.2 Å². The van der Waals surface area contributed by atoms with E-state index in [1.807, 2.05) is 0 Å².